The van der Waals surface area contributed by atoms with Crippen molar-refractivity contribution in [2.75, 3.05) is 0 Å². The standard InChI is InChI=1S/C18H24ClNO/c1-13(2)12-18(9-5-6-10-18)16(19)11-17-20-14-7-3-4-8-15(14)21-17/h3-4,7-8,13,16H,5-6,9-12H2,1-2H3. The number of fused-ring (bicyclic) bond motifs is 1. The highest BCUT2D eigenvalue weighted by Crippen LogP contribution is 2.48. The third-order valence-electron chi connectivity index (χ3n) is 4.77. The summed E-state index contributed by atoms with van der Waals surface area (Å²) < 4.78 is 5.85. The van der Waals surface area contributed by atoms with Gasteiger partial charge in [-0.05, 0) is 42.7 Å². The number of aromatic nitrogens is 1. The Balaban J connectivity index is 1.78. The molecule has 1 aromatic carbocycles. The van der Waals surface area contributed by atoms with Crippen LogP contribution in [-0.4, -0.2) is 10.4 Å². The lowest BCUT2D eigenvalue weighted by Gasteiger charge is -2.35. The molecule has 0 radical (unpaired) electrons. The van der Waals surface area contributed by atoms with Crippen molar-refractivity contribution in [1.29, 1.82) is 0 Å². The highest BCUT2D eigenvalue weighted by atomic mass is 35.5. The number of nitrogens with zero attached hydrogens (tertiary/aromatic N) is 1. The minimum absolute atomic E-state index is 0.121. The first-order valence-corrected chi connectivity index (χ1v) is 8.51. The molecular weight excluding hydrogens is 282 g/mol. The normalized spacial score (nSPS) is 19.4. The summed E-state index contributed by atoms with van der Waals surface area (Å²) in [5.74, 6) is 1.47. The molecule has 1 saturated carbocycles. The van der Waals surface area contributed by atoms with Gasteiger partial charge in [-0.15, -0.1) is 11.6 Å². The predicted octanol–water partition coefficient (Wildman–Crippen LogP) is 5.58. The molecule has 1 aromatic heterocycles. The Labute approximate surface area is 131 Å². The molecule has 0 spiro atoms. The molecular formula is C18H24ClNO. The molecule has 21 heavy (non-hydrogen) atoms. The van der Waals surface area contributed by atoms with E-state index in [2.05, 4.69) is 18.8 Å². The highest BCUT2D eigenvalue weighted by Gasteiger charge is 2.41. The molecule has 2 nitrogen and oxygen atoms in total. The summed E-state index contributed by atoms with van der Waals surface area (Å²) in [6.45, 7) is 4.59. The molecule has 0 amide bonds. The number of alkyl halides is 1. The number of hydrogen-bond acceptors (Lipinski definition) is 2. The van der Waals surface area contributed by atoms with E-state index in [1.807, 2.05) is 24.3 Å². The fourth-order valence-corrected chi connectivity index (χ4v) is 4.35. The highest BCUT2D eigenvalue weighted by molar-refractivity contribution is 6.21. The molecule has 2 aromatic rings. The van der Waals surface area contributed by atoms with E-state index in [1.54, 1.807) is 0 Å². The third kappa shape index (κ3) is 3.11. The Morgan fingerprint density at radius 2 is 1.95 bits per heavy atom. The first kappa shape index (κ1) is 14.9. The quantitative estimate of drug-likeness (QED) is 0.673. The first-order valence-electron chi connectivity index (χ1n) is 8.08. The van der Waals surface area contributed by atoms with E-state index < -0.39 is 0 Å². The van der Waals surface area contributed by atoms with Gasteiger partial charge >= 0.3 is 0 Å². The topological polar surface area (TPSA) is 26.0 Å². The largest absolute Gasteiger partial charge is 0.441 e. The smallest absolute Gasteiger partial charge is 0.196 e. The van der Waals surface area contributed by atoms with Crippen LogP contribution in [0.2, 0.25) is 0 Å². The number of hydrogen-bond donors (Lipinski definition) is 0. The third-order valence-corrected chi connectivity index (χ3v) is 5.39. The van der Waals surface area contributed by atoms with Gasteiger partial charge in [-0.3, -0.25) is 0 Å². The van der Waals surface area contributed by atoms with Crippen LogP contribution in [0.5, 0.6) is 0 Å². The van der Waals surface area contributed by atoms with Gasteiger partial charge in [0.15, 0.2) is 11.5 Å². The second-order valence-corrected chi connectivity index (χ2v) is 7.44. The lowest BCUT2D eigenvalue weighted by Crippen LogP contribution is -2.32. The van der Waals surface area contributed by atoms with Gasteiger partial charge in [0.1, 0.15) is 5.52 Å². The van der Waals surface area contributed by atoms with Gasteiger partial charge in [0, 0.05) is 11.8 Å². The molecule has 1 atom stereocenters. The van der Waals surface area contributed by atoms with Crippen molar-refractivity contribution in [3.63, 3.8) is 0 Å². The molecule has 114 valence electrons. The van der Waals surface area contributed by atoms with Crippen molar-refractivity contribution in [3.8, 4) is 0 Å². The number of oxazole rings is 1. The van der Waals surface area contributed by atoms with Crippen LogP contribution >= 0.6 is 11.6 Å². The Morgan fingerprint density at radius 3 is 2.62 bits per heavy atom. The van der Waals surface area contributed by atoms with Crippen LogP contribution in [0.25, 0.3) is 11.1 Å². The van der Waals surface area contributed by atoms with Crippen LogP contribution in [0.1, 0.15) is 51.8 Å². The number of para-hydroxylation sites is 2. The summed E-state index contributed by atoms with van der Waals surface area (Å²) in [4.78, 5) is 4.58. The van der Waals surface area contributed by atoms with Gasteiger partial charge < -0.3 is 4.42 Å². The van der Waals surface area contributed by atoms with Crippen molar-refractivity contribution < 1.29 is 4.42 Å². The zero-order chi connectivity index (χ0) is 14.9. The minimum atomic E-state index is 0.121. The Morgan fingerprint density at radius 1 is 1.24 bits per heavy atom. The Kier molecular flexibility index (Phi) is 4.26. The SMILES string of the molecule is CC(C)CC1(C(Cl)Cc2nc3ccccc3o2)CCCC1. The first-order chi connectivity index (χ1) is 10.1. The number of halogens is 1. The maximum absolute atomic E-state index is 6.85. The molecule has 1 unspecified atom stereocenters. The van der Waals surface area contributed by atoms with Crippen molar-refractivity contribution in [2.45, 2.75) is 57.7 Å². The van der Waals surface area contributed by atoms with Crippen LogP contribution in [0.3, 0.4) is 0 Å². The van der Waals surface area contributed by atoms with Crippen LogP contribution in [0.4, 0.5) is 0 Å². The maximum atomic E-state index is 6.85. The van der Waals surface area contributed by atoms with E-state index in [4.69, 9.17) is 16.0 Å². The molecule has 3 rings (SSSR count). The second kappa shape index (κ2) is 6.00. The van der Waals surface area contributed by atoms with E-state index in [-0.39, 0.29) is 10.8 Å². The van der Waals surface area contributed by atoms with E-state index in [1.165, 1.54) is 32.1 Å². The summed E-state index contributed by atoms with van der Waals surface area (Å²) >= 11 is 6.85. The van der Waals surface area contributed by atoms with Gasteiger partial charge in [0.2, 0.25) is 0 Å². The zero-order valence-corrected chi connectivity index (χ0v) is 13.7. The lowest BCUT2D eigenvalue weighted by atomic mass is 9.74. The van der Waals surface area contributed by atoms with Crippen molar-refractivity contribution in [3.05, 3.63) is 30.2 Å². The summed E-state index contributed by atoms with van der Waals surface area (Å²) in [5.41, 5.74) is 2.07. The van der Waals surface area contributed by atoms with Gasteiger partial charge in [-0.2, -0.15) is 0 Å². The summed E-state index contributed by atoms with van der Waals surface area (Å²) in [6, 6.07) is 7.93. The monoisotopic (exact) mass is 305 g/mol. The van der Waals surface area contributed by atoms with E-state index in [0.29, 0.717) is 5.92 Å². The summed E-state index contributed by atoms with van der Waals surface area (Å²) in [5, 5.41) is 0.121. The molecule has 1 heterocycles. The second-order valence-electron chi connectivity index (χ2n) is 6.91. The van der Waals surface area contributed by atoms with Crippen LogP contribution in [0.15, 0.2) is 28.7 Å². The molecule has 1 aliphatic carbocycles. The maximum Gasteiger partial charge on any atom is 0.196 e. The van der Waals surface area contributed by atoms with Crippen molar-refractivity contribution in [2.24, 2.45) is 11.3 Å². The average molecular weight is 306 g/mol. The van der Waals surface area contributed by atoms with Gasteiger partial charge in [0.05, 0.1) is 0 Å². The summed E-state index contributed by atoms with van der Waals surface area (Å²) in [7, 11) is 0. The molecule has 3 heteroatoms. The van der Waals surface area contributed by atoms with E-state index in [0.717, 1.165) is 23.4 Å². The molecule has 0 N–H and O–H groups in total. The molecule has 0 aliphatic heterocycles. The molecule has 0 bridgehead atoms. The van der Waals surface area contributed by atoms with Gasteiger partial charge in [0.25, 0.3) is 0 Å². The van der Waals surface area contributed by atoms with E-state index in [9.17, 15) is 0 Å². The van der Waals surface area contributed by atoms with Gasteiger partial charge in [-0.25, -0.2) is 4.98 Å². The molecule has 1 fully saturated rings. The summed E-state index contributed by atoms with van der Waals surface area (Å²) in [6.07, 6.45) is 7.07. The van der Waals surface area contributed by atoms with Gasteiger partial charge in [-0.1, -0.05) is 38.8 Å². The number of rotatable bonds is 5. The molecule has 0 saturated heterocycles. The fraction of sp³-hybridized carbons (Fsp3) is 0.611. The molecule has 1 aliphatic rings. The van der Waals surface area contributed by atoms with Crippen LogP contribution < -0.4 is 0 Å². The van der Waals surface area contributed by atoms with Crippen LogP contribution in [0, 0.1) is 11.3 Å². The zero-order valence-electron chi connectivity index (χ0n) is 12.9. The Bertz CT molecular complexity index is 565. The Hall–Kier alpha value is -1.02. The van der Waals surface area contributed by atoms with Crippen molar-refractivity contribution in [1.82, 2.24) is 4.98 Å². The average Bonchev–Trinajstić information content (AvgIpc) is 3.04. The van der Waals surface area contributed by atoms with E-state index >= 15 is 0 Å². The lowest BCUT2D eigenvalue weighted by molar-refractivity contribution is 0.216. The fourth-order valence-electron chi connectivity index (χ4n) is 3.91. The predicted molar refractivity (Wildman–Crippen MR) is 87.7 cm³/mol. The minimum Gasteiger partial charge on any atom is -0.441 e. The number of benzene rings is 1. The van der Waals surface area contributed by atoms with Crippen molar-refractivity contribution >= 4 is 22.7 Å². The van der Waals surface area contributed by atoms with Crippen LogP contribution in [-0.2, 0) is 6.42 Å².